The van der Waals surface area contributed by atoms with E-state index in [4.69, 9.17) is 4.98 Å². The number of thiazole rings is 1. The van der Waals surface area contributed by atoms with Crippen molar-refractivity contribution in [2.75, 3.05) is 26.2 Å². The minimum Gasteiger partial charge on any atom is -0.354 e. The van der Waals surface area contributed by atoms with Gasteiger partial charge in [-0.3, -0.25) is 9.59 Å². The minimum atomic E-state index is -0.492. The third-order valence-electron chi connectivity index (χ3n) is 5.01. The lowest BCUT2D eigenvalue weighted by Gasteiger charge is -2.28. The Labute approximate surface area is 164 Å². The molecule has 2 heterocycles. The van der Waals surface area contributed by atoms with Gasteiger partial charge >= 0.3 is 0 Å². The standard InChI is InChI=1S/C20H28N4O2S/c1-3-10-21-19(26)14(2)22-18(25)13-24-11-6-7-15(12-24)20-23-16-8-4-5-9-17(16)27-20/h4-5,8-9,14-15H,3,6-7,10-13H2,1-2H3,(H,21,26)(H,22,25)/p+1/t14-,15-/m0/s1. The molecule has 6 nitrogen and oxygen atoms in total. The smallest absolute Gasteiger partial charge is 0.275 e. The molecule has 3 N–H and O–H groups in total. The maximum absolute atomic E-state index is 12.4. The molecule has 3 rings (SSSR count). The number of benzene rings is 1. The number of para-hydroxylation sites is 1. The monoisotopic (exact) mass is 389 g/mol. The van der Waals surface area contributed by atoms with E-state index in [1.165, 1.54) is 14.6 Å². The number of likely N-dealkylation sites (tertiary alicyclic amines) is 1. The maximum Gasteiger partial charge on any atom is 0.275 e. The molecule has 2 amide bonds. The Morgan fingerprint density at radius 1 is 1.37 bits per heavy atom. The molecule has 3 atom stereocenters. The van der Waals surface area contributed by atoms with Gasteiger partial charge in [0.1, 0.15) is 11.0 Å². The molecule has 1 saturated heterocycles. The third-order valence-corrected chi connectivity index (χ3v) is 6.21. The number of quaternary nitrogens is 1. The van der Waals surface area contributed by atoms with Gasteiger partial charge < -0.3 is 15.5 Å². The average molecular weight is 390 g/mol. The van der Waals surface area contributed by atoms with Gasteiger partial charge in [-0.05, 0) is 38.3 Å². The van der Waals surface area contributed by atoms with Crippen LogP contribution < -0.4 is 15.5 Å². The van der Waals surface area contributed by atoms with Crippen molar-refractivity contribution in [3.05, 3.63) is 29.3 Å². The summed E-state index contributed by atoms with van der Waals surface area (Å²) in [7, 11) is 0. The summed E-state index contributed by atoms with van der Waals surface area (Å²) in [5, 5.41) is 6.82. The lowest BCUT2D eigenvalue weighted by Crippen LogP contribution is -3.14. The van der Waals surface area contributed by atoms with Crippen molar-refractivity contribution in [2.24, 2.45) is 0 Å². The van der Waals surface area contributed by atoms with E-state index in [1.807, 2.05) is 19.1 Å². The number of carbonyl (C=O) groups is 2. The van der Waals surface area contributed by atoms with E-state index in [0.29, 0.717) is 19.0 Å². The first-order chi connectivity index (χ1) is 13.1. The van der Waals surface area contributed by atoms with Gasteiger partial charge in [0.05, 0.1) is 29.2 Å². The summed E-state index contributed by atoms with van der Waals surface area (Å²) in [5.74, 6) is 0.226. The van der Waals surface area contributed by atoms with E-state index in [0.717, 1.165) is 37.9 Å². The van der Waals surface area contributed by atoms with Crippen LogP contribution in [-0.4, -0.2) is 49.0 Å². The van der Waals surface area contributed by atoms with Gasteiger partial charge in [0.15, 0.2) is 6.54 Å². The molecule has 146 valence electrons. The van der Waals surface area contributed by atoms with Gasteiger partial charge in [0, 0.05) is 6.54 Å². The molecule has 2 aromatic rings. The fourth-order valence-electron chi connectivity index (χ4n) is 3.57. The molecule has 1 fully saturated rings. The zero-order valence-electron chi connectivity index (χ0n) is 16.1. The lowest BCUT2D eigenvalue weighted by molar-refractivity contribution is -0.898. The molecule has 27 heavy (non-hydrogen) atoms. The van der Waals surface area contributed by atoms with E-state index >= 15 is 0 Å². The molecule has 0 aliphatic carbocycles. The van der Waals surface area contributed by atoms with Crippen LogP contribution in [0.25, 0.3) is 10.2 Å². The molecule has 1 aliphatic rings. The van der Waals surface area contributed by atoms with E-state index < -0.39 is 6.04 Å². The van der Waals surface area contributed by atoms with Crippen LogP contribution in [-0.2, 0) is 9.59 Å². The largest absolute Gasteiger partial charge is 0.354 e. The Kier molecular flexibility index (Phi) is 6.79. The quantitative estimate of drug-likeness (QED) is 0.664. The first kappa shape index (κ1) is 19.8. The topological polar surface area (TPSA) is 75.5 Å². The molecule has 0 bridgehead atoms. The van der Waals surface area contributed by atoms with Crippen molar-refractivity contribution in [2.45, 2.75) is 45.1 Å². The predicted molar refractivity (Wildman–Crippen MR) is 108 cm³/mol. The van der Waals surface area contributed by atoms with E-state index in [1.54, 1.807) is 18.3 Å². The number of aromatic nitrogens is 1. The van der Waals surface area contributed by atoms with E-state index in [2.05, 4.69) is 22.8 Å². The Hall–Kier alpha value is -1.99. The van der Waals surface area contributed by atoms with Crippen molar-refractivity contribution in [3.63, 3.8) is 0 Å². The average Bonchev–Trinajstić information content (AvgIpc) is 3.10. The maximum atomic E-state index is 12.4. The second-order valence-electron chi connectivity index (χ2n) is 7.32. The molecular formula is C20H29N4O2S+. The summed E-state index contributed by atoms with van der Waals surface area (Å²) in [6.45, 7) is 6.70. The number of nitrogens with one attached hydrogen (secondary N) is 3. The Bertz CT molecular complexity index is 758. The Morgan fingerprint density at radius 3 is 2.96 bits per heavy atom. The molecule has 1 aromatic carbocycles. The van der Waals surface area contributed by atoms with Crippen LogP contribution in [0.5, 0.6) is 0 Å². The molecule has 0 radical (unpaired) electrons. The molecule has 0 spiro atoms. The number of amides is 2. The van der Waals surface area contributed by atoms with Crippen molar-refractivity contribution < 1.29 is 14.5 Å². The zero-order chi connectivity index (χ0) is 19.2. The summed E-state index contributed by atoms with van der Waals surface area (Å²) in [6, 6.07) is 7.74. The summed E-state index contributed by atoms with van der Waals surface area (Å²) < 4.78 is 1.23. The molecule has 0 saturated carbocycles. The second kappa shape index (κ2) is 9.28. The molecule has 1 aliphatic heterocycles. The predicted octanol–water partition coefficient (Wildman–Crippen LogP) is 1.09. The first-order valence-corrected chi connectivity index (χ1v) is 10.6. The van der Waals surface area contributed by atoms with Crippen molar-refractivity contribution in [3.8, 4) is 0 Å². The van der Waals surface area contributed by atoms with Crippen LogP contribution in [0.3, 0.4) is 0 Å². The Balaban J connectivity index is 1.53. The highest BCUT2D eigenvalue weighted by Crippen LogP contribution is 2.30. The van der Waals surface area contributed by atoms with Gasteiger partial charge in [0.25, 0.3) is 5.91 Å². The van der Waals surface area contributed by atoms with Crippen LogP contribution in [0.2, 0.25) is 0 Å². The number of carbonyl (C=O) groups excluding carboxylic acids is 2. The molecule has 1 aromatic heterocycles. The fourth-order valence-corrected chi connectivity index (χ4v) is 4.68. The van der Waals surface area contributed by atoms with Crippen molar-refractivity contribution in [1.82, 2.24) is 15.6 Å². The van der Waals surface area contributed by atoms with Gasteiger partial charge in [-0.2, -0.15) is 0 Å². The number of rotatable bonds is 7. The molecular weight excluding hydrogens is 360 g/mol. The van der Waals surface area contributed by atoms with Gasteiger partial charge in [-0.15, -0.1) is 11.3 Å². The number of piperidine rings is 1. The third kappa shape index (κ3) is 5.26. The van der Waals surface area contributed by atoms with Gasteiger partial charge in [-0.1, -0.05) is 19.1 Å². The Morgan fingerprint density at radius 2 is 2.19 bits per heavy atom. The van der Waals surface area contributed by atoms with Crippen LogP contribution >= 0.6 is 11.3 Å². The fraction of sp³-hybridized carbons (Fsp3) is 0.550. The van der Waals surface area contributed by atoms with Crippen molar-refractivity contribution in [1.29, 1.82) is 0 Å². The normalized spacial score (nSPS) is 21.0. The highest BCUT2D eigenvalue weighted by Gasteiger charge is 2.29. The van der Waals surface area contributed by atoms with Gasteiger partial charge in [0.2, 0.25) is 5.91 Å². The van der Waals surface area contributed by atoms with Crippen LogP contribution in [0, 0.1) is 0 Å². The SMILES string of the molecule is CCCNC(=O)[C@H](C)NC(=O)C[NH+]1CCC[C@H](c2nc3ccccc3s2)C1. The van der Waals surface area contributed by atoms with Crippen molar-refractivity contribution >= 4 is 33.4 Å². The van der Waals surface area contributed by atoms with Crippen LogP contribution in [0.15, 0.2) is 24.3 Å². The summed E-state index contributed by atoms with van der Waals surface area (Å²) in [4.78, 5) is 30.3. The zero-order valence-corrected chi connectivity index (χ0v) is 16.9. The first-order valence-electron chi connectivity index (χ1n) is 9.83. The lowest BCUT2D eigenvalue weighted by atomic mass is 9.99. The minimum absolute atomic E-state index is 0.0610. The summed E-state index contributed by atoms with van der Waals surface area (Å²) in [5.41, 5.74) is 1.06. The molecule has 1 unspecified atom stereocenters. The highest BCUT2D eigenvalue weighted by molar-refractivity contribution is 7.18. The summed E-state index contributed by atoms with van der Waals surface area (Å²) in [6.07, 6.45) is 3.11. The second-order valence-corrected chi connectivity index (χ2v) is 8.38. The van der Waals surface area contributed by atoms with Crippen LogP contribution in [0.4, 0.5) is 0 Å². The highest BCUT2D eigenvalue weighted by atomic mass is 32.1. The van der Waals surface area contributed by atoms with Crippen LogP contribution in [0.1, 0.15) is 44.0 Å². The summed E-state index contributed by atoms with van der Waals surface area (Å²) >= 11 is 1.77. The van der Waals surface area contributed by atoms with Gasteiger partial charge in [-0.25, -0.2) is 4.98 Å². The van der Waals surface area contributed by atoms with E-state index in [-0.39, 0.29) is 11.8 Å². The van der Waals surface area contributed by atoms with E-state index in [9.17, 15) is 9.59 Å². The number of fused-ring (bicyclic) bond motifs is 1. The number of hydrogen-bond donors (Lipinski definition) is 3. The number of hydrogen-bond acceptors (Lipinski definition) is 4. The molecule has 7 heteroatoms. The number of nitrogens with zero attached hydrogens (tertiary/aromatic N) is 1.